The van der Waals surface area contributed by atoms with Gasteiger partial charge in [-0.15, -0.1) is 0 Å². The van der Waals surface area contributed by atoms with E-state index in [0.717, 1.165) is 24.5 Å². The van der Waals surface area contributed by atoms with E-state index in [9.17, 15) is 0 Å². The third kappa shape index (κ3) is 2.21. The molecule has 2 nitrogen and oxygen atoms in total. The van der Waals surface area contributed by atoms with Gasteiger partial charge in [-0.25, -0.2) is 0 Å². The predicted octanol–water partition coefficient (Wildman–Crippen LogP) is 3.62. The van der Waals surface area contributed by atoms with Crippen molar-refractivity contribution in [3.63, 3.8) is 0 Å². The zero-order valence-electron chi connectivity index (χ0n) is 10.8. The van der Waals surface area contributed by atoms with Crippen molar-refractivity contribution in [2.75, 3.05) is 0 Å². The molecule has 18 heavy (non-hydrogen) atoms. The average Bonchev–Trinajstić information content (AvgIpc) is 3.03. The van der Waals surface area contributed by atoms with Crippen LogP contribution in [0.1, 0.15) is 42.0 Å². The number of benzene rings is 1. The summed E-state index contributed by atoms with van der Waals surface area (Å²) in [6.45, 7) is 2.93. The summed E-state index contributed by atoms with van der Waals surface area (Å²) < 4.78 is 5.72. The summed E-state index contributed by atoms with van der Waals surface area (Å²) in [5.41, 5.74) is 2.95. The fourth-order valence-corrected chi connectivity index (χ4v) is 2.70. The van der Waals surface area contributed by atoms with Crippen LogP contribution in [0, 0.1) is 0 Å². The number of hydrogen-bond acceptors (Lipinski definition) is 2. The van der Waals surface area contributed by atoms with Crippen LogP contribution in [0.5, 0.6) is 0 Å². The van der Waals surface area contributed by atoms with Crippen molar-refractivity contribution in [3.05, 3.63) is 59.0 Å². The Morgan fingerprint density at radius 1 is 1.17 bits per heavy atom. The standard InChI is InChI=1S/C16H19NO/c1-2-13-8-9-14(18-13)11-17-16-10-7-12-5-3-4-6-15(12)16/h3-6,8-9,16-17H,2,7,10-11H2,1H3. The first-order valence-corrected chi connectivity index (χ1v) is 6.75. The Hall–Kier alpha value is -1.54. The highest BCUT2D eigenvalue weighted by atomic mass is 16.3. The lowest BCUT2D eigenvalue weighted by atomic mass is 10.1. The predicted molar refractivity (Wildman–Crippen MR) is 72.4 cm³/mol. The average molecular weight is 241 g/mol. The fraction of sp³-hybridized carbons (Fsp3) is 0.375. The molecular formula is C16H19NO. The van der Waals surface area contributed by atoms with E-state index < -0.39 is 0 Å². The molecule has 0 fully saturated rings. The minimum absolute atomic E-state index is 0.483. The lowest BCUT2D eigenvalue weighted by molar-refractivity contribution is 0.427. The second-order valence-corrected chi connectivity index (χ2v) is 4.89. The van der Waals surface area contributed by atoms with E-state index in [-0.39, 0.29) is 0 Å². The SMILES string of the molecule is CCc1ccc(CNC2CCc3ccccc32)o1. The van der Waals surface area contributed by atoms with Crippen molar-refractivity contribution < 1.29 is 4.42 Å². The molecule has 94 valence electrons. The highest BCUT2D eigenvalue weighted by Gasteiger charge is 2.21. The molecule has 0 spiro atoms. The van der Waals surface area contributed by atoms with E-state index in [1.54, 1.807) is 0 Å². The smallest absolute Gasteiger partial charge is 0.117 e. The largest absolute Gasteiger partial charge is 0.465 e. The molecule has 2 aromatic rings. The molecule has 1 aromatic heterocycles. The lowest BCUT2D eigenvalue weighted by Crippen LogP contribution is -2.18. The van der Waals surface area contributed by atoms with Crippen molar-refractivity contribution in [1.29, 1.82) is 0 Å². The Morgan fingerprint density at radius 3 is 2.83 bits per heavy atom. The number of fused-ring (bicyclic) bond motifs is 1. The van der Waals surface area contributed by atoms with Crippen LogP contribution in [0.25, 0.3) is 0 Å². The monoisotopic (exact) mass is 241 g/mol. The lowest BCUT2D eigenvalue weighted by Gasteiger charge is -2.12. The quantitative estimate of drug-likeness (QED) is 0.884. The van der Waals surface area contributed by atoms with Crippen molar-refractivity contribution in [1.82, 2.24) is 5.32 Å². The van der Waals surface area contributed by atoms with Gasteiger partial charge in [0.2, 0.25) is 0 Å². The Balaban J connectivity index is 1.65. The summed E-state index contributed by atoms with van der Waals surface area (Å²) in [5.74, 6) is 2.11. The van der Waals surface area contributed by atoms with Gasteiger partial charge < -0.3 is 9.73 Å². The van der Waals surface area contributed by atoms with Crippen molar-refractivity contribution in [2.45, 2.75) is 38.8 Å². The Labute approximate surface area is 108 Å². The molecular weight excluding hydrogens is 222 g/mol. The molecule has 2 heteroatoms. The number of nitrogens with one attached hydrogen (secondary N) is 1. The first-order valence-electron chi connectivity index (χ1n) is 6.75. The maximum absolute atomic E-state index is 5.72. The van der Waals surface area contributed by atoms with Gasteiger partial charge in [-0.1, -0.05) is 31.2 Å². The molecule has 0 aliphatic heterocycles. The van der Waals surface area contributed by atoms with Gasteiger partial charge in [0.1, 0.15) is 11.5 Å². The minimum Gasteiger partial charge on any atom is -0.465 e. The number of aryl methyl sites for hydroxylation is 2. The van der Waals surface area contributed by atoms with E-state index in [1.165, 1.54) is 24.0 Å². The second kappa shape index (κ2) is 4.99. The molecule has 1 aliphatic rings. The molecule has 1 N–H and O–H groups in total. The second-order valence-electron chi connectivity index (χ2n) is 4.89. The third-order valence-corrected chi connectivity index (χ3v) is 3.72. The molecule has 0 saturated carbocycles. The van der Waals surface area contributed by atoms with Crippen LogP contribution in [0.4, 0.5) is 0 Å². The van der Waals surface area contributed by atoms with Crippen molar-refractivity contribution >= 4 is 0 Å². The van der Waals surface area contributed by atoms with Gasteiger partial charge in [0.05, 0.1) is 6.54 Å². The molecule has 0 amide bonds. The molecule has 0 saturated heterocycles. The van der Waals surface area contributed by atoms with E-state index in [1.807, 2.05) is 0 Å². The molecule has 1 heterocycles. The van der Waals surface area contributed by atoms with E-state index in [2.05, 4.69) is 48.6 Å². The topological polar surface area (TPSA) is 25.2 Å². The minimum atomic E-state index is 0.483. The summed E-state index contributed by atoms with van der Waals surface area (Å²) in [4.78, 5) is 0. The van der Waals surface area contributed by atoms with Gasteiger partial charge in [0, 0.05) is 12.5 Å². The maximum atomic E-state index is 5.72. The maximum Gasteiger partial charge on any atom is 0.117 e. The van der Waals surface area contributed by atoms with Gasteiger partial charge in [-0.05, 0) is 36.1 Å². The van der Waals surface area contributed by atoms with E-state index >= 15 is 0 Å². The highest BCUT2D eigenvalue weighted by molar-refractivity contribution is 5.34. The third-order valence-electron chi connectivity index (χ3n) is 3.72. The van der Waals surface area contributed by atoms with Gasteiger partial charge in [-0.2, -0.15) is 0 Å². The molecule has 1 aromatic carbocycles. The Bertz CT molecular complexity index is 529. The summed E-state index contributed by atoms with van der Waals surface area (Å²) in [5, 5.41) is 3.60. The molecule has 1 unspecified atom stereocenters. The van der Waals surface area contributed by atoms with Gasteiger partial charge in [0.25, 0.3) is 0 Å². The van der Waals surface area contributed by atoms with Gasteiger partial charge in [0.15, 0.2) is 0 Å². The molecule has 1 aliphatic carbocycles. The summed E-state index contributed by atoms with van der Waals surface area (Å²) in [6.07, 6.45) is 3.35. The molecule has 0 bridgehead atoms. The molecule has 3 rings (SSSR count). The van der Waals surface area contributed by atoms with E-state index in [0.29, 0.717) is 6.04 Å². The van der Waals surface area contributed by atoms with Crippen LogP contribution in [-0.4, -0.2) is 0 Å². The van der Waals surface area contributed by atoms with Gasteiger partial charge >= 0.3 is 0 Å². The van der Waals surface area contributed by atoms with Crippen LogP contribution in [0.3, 0.4) is 0 Å². The summed E-state index contributed by atoms with van der Waals surface area (Å²) in [7, 11) is 0. The Morgan fingerprint density at radius 2 is 2.00 bits per heavy atom. The molecule has 1 atom stereocenters. The zero-order valence-corrected chi connectivity index (χ0v) is 10.8. The van der Waals surface area contributed by atoms with Crippen LogP contribution in [-0.2, 0) is 19.4 Å². The fourth-order valence-electron chi connectivity index (χ4n) is 2.70. The van der Waals surface area contributed by atoms with E-state index in [4.69, 9.17) is 4.42 Å². The number of hydrogen-bond donors (Lipinski definition) is 1. The van der Waals surface area contributed by atoms with Gasteiger partial charge in [-0.3, -0.25) is 0 Å². The summed E-state index contributed by atoms with van der Waals surface area (Å²) in [6, 6.07) is 13.4. The van der Waals surface area contributed by atoms with Crippen LogP contribution in [0.15, 0.2) is 40.8 Å². The number of rotatable bonds is 4. The van der Waals surface area contributed by atoms with Crippen molar-refractivity contribution in [2.24, 2.45) is 0 Å². The van der Waals surface area contributed by atoms with Crippen molar-refractivity contribution in [3.8, 4) is 0 Å². The normalized spacial score (nSPS) is 17.9. The first kappa shape index (κ1) is 11.5. The first-order chi connectivity index (χ1) is 8.86. The highest BCUT2D eigenvalue weighted by Crippen LogP contribution is 2.30. The summed E-state index contributed by atoms with van der Waals surface area (Å²) >= 11 is 0. The number of furan rings is 1. The van der Waals surface area contributed by atoms with Crippen LogP contribution < -0.4 is 5.32 Å². The van der Waals surface area contributed by atoms with Crippen LogP contribution >= 0.6 is 0 Å². The molecule has 0 radical (unpaired) electrons. The van der Waals surface area contributed by atoms with Crippen LogP contribution in [0.2, 0.25) is 0 Å². The Kier molecular flexibility index (Phi) is 3.20. The zero-order chi connectivity index (χ0) is 12.4.